The van der Waals surface area contributed by atoms with Crippen LogP contribution in [0.1, 0.15) is 55.5 Å². The molecule has 1 aromatic carbocycles. The van der Waals surface area contributed by atoms with E-state index >= 15 is 0 Å². The van der Waals surface area contributed by atoms with Crippen molar-refractivity contribution in [3.8, 4) is 0 Å². The Labute approximate surface area is 151 Å². The van der Waals surface area contributed by atoms with E-state index in [-0.39, 0.29) is 18.3 Å². The van der Waals surface area contributed by atoms with Crippen LogP contribution in [0, 0.1) is 0 Å². The minimum atomic E-state index is -0.163. The number of benzene rings is 1. The van der Waals surface area contributed by atoms with Crippen molar-refractivity contribution in [3.05, 3.63) is 35.4 Å². The lowest BCUT2D eigenvalue weighted by Gasteiger charge is -2.07. The Balaban J connectivity index is 2.14. The van der Waals surface area contributed by atoms with Gasteiger partial charge in [-0.05, 0) is 31.7 Å². The fraction of sp³-hybridized carbons (Fsp3) is 0.600. The second-order valence-corrected chi connectivity index (χ2v) is 5.93. The number of ether oxygens (including phenoxy) is 2. The summed E-state index contributed by atoms with van der Waals surface area (Å²) in [6.45, 7) is 6.14. The molecule has 1 N–H and O–H groups in total. The quantitative estimate of drug-likeness (QED) is 0.414. The van der Waals surface area contributed by atoms with Crippen LogP contribution in [0.2, 0.25) is 0 Å². The Morgan fingerprint density at radius 2 is 1.72 bits per heavy atom. The Hall–Kier alpha value is -1.72. The van der Waals surface area contributed by atoms with Crippen LogP contribution in [0.4, 0.5) is 0 Å². The van der Waals surface area contributed by atoms with E-state index in [1.54, 1.807) is 0 Å². The van der Waals surface area contributed by atoms with Crippen LogP contribution in [0.15, 0.2) is 24.3 Å². The number of ketones is 1. The summed E-state index contributed by atoms with van der Waals surface area (Å²) in [6.07, 6.45) is 4.46. The Bertz CT molecular complexity index is 499. The molecule has 0 aromatic heterocycles. The van der Waals surface area contributed by atoms with Crippen LogP contribution in [0.3, 0.4) is 0 Å². The molecule has 0 atom stereocenters. The van der Waals surface area contributed by atoms with Crippen LogP contribution in [-0.4, -0.2) is 44.7 Å². The van der Waals surface area contributed by atoms with Gasteiger partial charge in [0.15, 0.2) is 5.78 Å². The highest BCUT2D eigenvalue weighted by molar-refractivity contribution is 5.96. The first-order chi connectivity index (χ1) is 12.2. The van der Waals surface area contributed by atoms with Gasteiger partial charge in [-0.3, -0.25) is 9.59 Å². The molecular formula is C20H31NO4. The predicted octanol–water partition coefficient (Wildman–Crippen LogP) is 3.16. The van der Waals surface area contributed by atoms with Crippen LogP contribution >= 0.6 is 0 Å². The molecular weight excluding hydrogens is 318 g/mol. The Kier molecular flexibility index (Phi) is 11.6. The molecule has 1 aromatic rings. The summed E-state index contributed by atoms with van der Waals surface area (Å²) in [6, 6.07) is 7.87. The summed E-state index contributed by atoms with van der Waals surface area (Å²) in [5.41, 5.74) is 2.01. The van der Waals surface area contributed by atoms with Crippen molar-refractivity contribution in [1.82, 2.24) is 5.32 Å². The van der Waals surface area contributed by atoms with Crippen LogP contribution < -0.4 is 5.32 Å². The molecule has 0 radical (unpaired) electrons. The van der Waals surface area contributed by atoms with Crippen molar-refractivity contribution >= 4 is 11.7 Å². The van der Waals surface area contributed by atoms with E-state index in [0.29, 0.717) is 39.2 Å². The van der Waals surface area contributed by atoms with E-state index in [1.165, 1.54) is 18.4 Å². The SMILES string of the molecule is CCCCc1ccc(C(=O)CCCNC(=O)COCCOCC)cc1. The van der Waals surface area contributed by atoms with Crippen molar-refractivity contribution in [3.63, 3.8) is 0 Å². The molecule has 0 fully saturated rings. The number of hydrogen-bond acceptors (Lipinski definition) is 4. The summed E-state index contributed by atoms with van der Waals surface area (Å²) in [5, 5.41) is 2.76. The van der Waals surface area contributed by atoms with Crippen molar-refractivity contribution < 1.29 is 19.1 Å². The largest absolute Gasteiger partial charge is 0.379 e. The van der Waals surface area contributed by atoms with E-state index in [9.17, 15) is 9.59 Å². The molecule has 0 heterocycles. The molecule has 0 aliphatic carbocycles. The first-order valence-electron chi connectivity index (χ1n) is 9.21. The summed E-state index contributed by atoms with van der Waals surface area (Å²) in [4.78, 5) is 23.7. The van der Waals surface area contributed by atoms with Gasteiger partial charge in [0, 0.05) is 25.1 Å². The number of rotatable bonds is 14. The molecule has 1 amide bonds. The molecule has 1 rings (SSSR count). The fourth-order valence-electron chi connectivity index (χ4n) is 2.34. The number of carbonyl (C=O) groups excluding carboxylic acids is 2. The third kappa shape index (κ3) is 9.99. The van der Waals surface area contributed by atoms with Gasteiger partial charge in [-0.1, -0.05) is 37.6 Å². The minimum absolute atomic E-state index is 0.0280. The fourth-order valence-corrected chi connectivity index (χ4v) is 2.34. The maximum Gasteiger partial charge on any atom is 0.245 e. The molecule has 0 aliphatic rings. The molecule has 25 heavy (non-hydrogen) atoms. The predicted molar refractivity (Wildman–Crippen MR) is 98.9 cm³/mol. The van der Waals surface area contributed by atoms with Gasteiger partial charge in [0.25, 0.3) is 0 Å². The zero-order valence-corrected chi connectivity index (χ0v) is 15.5. The summed E-state index contributed by atoms with van der Waals surface area (Å²) in [5.74, 6) is -0.0477. The molecule has 0 saturated heterocycles. The summed E-state index contributed by atoms with van der Waals surface area (Å²) < 4.78 is 10.3. The zero-order valence-electron chi connectivity index (χ0n) is 15.5. The van der Waals surface area contributed by atoms with E-state index in [1.807, 2.05) is 31.2 Å². The Morgan fingerprint density at radius 3 is 2.40 bits per heavy atom. The van der Waals surface area contributed by atoms with Gasteiger partial charge in [-0.2, -0.15) is 0 Å². The molecule has 0 spiro atoms. The number of unbranched alkanes of at least 4 members (excludes halogenated alkanes) is 1. The number of hydrogen-bond donors (Lipinski definition) is 1. The van der Waals surface area contributed by atoms with Crippen molar-refractivity contribution in [2.45, 2.75) is 46.0 Å². The molecule has 140 valence electrons. The van der Waals surface area contributed by atoms with E-state index in [0.717, 1.165) is 12.0 Å². The van der Waals surface area contributed by atoms with E-state index < -0.39 is 0 Å². The van der Waals surface area contributed by atoms with Gasteiger partial charge >= 0.3 is 0 Å². The highest BCUT2D eigenvalue weighted by Crippen LogP contribution is 2.10. The van der Waals surface area contributed by atoms with Gasteiger partial charge in [-0.25, -0.2) is 0 Å². The average Bonchev–Trinajstić information content (AvgIpc) is 2.63. The third-order valence-corrected chi connectivity index (χ3v) is 3.81. The summed E-state index contributed by atoms with van der Waals surface area (Å²) in [7, 11) is 0. The Morgan fingerprint density at radius 1 is 1.00 bits per heavy atom. The van der Waals surface area contributed by atoms with E-state index in [4.69, 9.17) is 9.47 Å². The first kappa shape index (κ1) is 21.3. The second-order valence-electron chi connectivity index (χ2n) is 5.93. The smallest absolute Gasteiger partial charge is 0.245 e. The monoisotopic (exact) mass is 349 g/mol. The van der Waals surface area contributed by atoms with E-state index in [2.05, 4.69) is 12.2 Å². The lowest BCUT2D eigenvalue weighted by atomic mass is 10.0. The molecule has 0 saturated carbocycles. The number of Topliss-reactive ketones (excluding diaryl/α,β-unsaturated/α-hetero) is 1. The zero-order chi connectivity index (χ0) is 18.3. The van der Waals surface area contributed by atoms with Crippen molar-refractivity contribution in [2.24, 2.45) is 0 Å². The van der Waals surface area contributed by atoms with Crippen LogP contribution in [0.5, 0.6) is 0 Å². The molecule has 0 aliphatic heterocycles. The van der Waals surface area contributed by atoms with Crippen LogP contribution in [-0.2, 0) is 20.7 Å². The molecule has 0 bridgehead atoms. The van der Waals surface area contributed by atoms with Crippen molar-refractivity contribution in [1.29, 1.82) is 0 Å². The first-order valence-corrected chi connectivity index (χ1v) is 9.21. The number of carbonyl (C=O) groups is 2. The van der Waals surface area contributed by atoms with Gasteiger partial charge in [0.05, 0.1) is 13.2 Å². The lowest BCUT2D eigenvalue weighted by Crippen LogP contribution is -2.29. The maximum absolute atomic E-state index is 12.1. The number of aryl methyl sites for hydroxylation is 1. The van der Waals surface area contributed by atoms with Gasteiger partial charge in [0.1, 0.15) is 6.61 Å². The average molecular weight is 349 g/mol. The second kappa shape index (κ2) is 13.6. The molecule has 0 unspecified atom stereocenters. The minimum Gasteiger partial charge on any atom is -0.379 e. The highest BCUT2D eigenvalue weighted by Gasteiger charge is 2.06. The molecule has 5 heteroatoms. The number of nitrogens with one attached hydrogen (secondary N) is 1. The highest BCUT2D eigenvalue weighted by atomic mass is 16.5. The van der Waals surface area contributed by atoms with Crippen LogP contribution in [0.25, 0.3) is 0 Å². The standard InChI is InChI=1S/C20H31NO4/c1-3-5-7-17-9-11-18(12-10-17)19(22)8-6-13-21-20(23)16-25-15-14-24-4-2/h9-12H,3-8,13-16H2,1-2H3,(H,21,23). The van der Waals surface area contributed by atoms with Gasteiger partial charge in [0.2, 0.25) is 5.91 Å². The van der Waals surface area contributed by atoms with Gasteiger partial charge < -0.3 is 14.8 Å². The number of amides is 1. The van der Waals surface area contributed by atoms with Crippen molar-refractivity contribution in [2.75, 3.05) is 33.0 Å². The topological polar surface area (TPSA) is 64.6 Å². The molecule has 5 nitrogen and oxygen atoms in total. The van der Waals surface area contributed by atoms with Gasteiger partial charge in [-0.15, -0.1) is 0 Å². The third-order valence-electron chi connectivity index (χ3n) is 3.81. The normalized spacial score (nSPS) is 10.6. The maximum atomic E-state index is 12.1. The lowest BCUT2D eigenvalue weighted by molar-refractivity contribution is -0.126. The summed E-state index contributed by atoms with van der Waals surface area (Å²) >= 11 is 0.